The Labute approximate surface area is 134 Å². The van der Waals surface area contributed by atoms with Crippen LogP contribution in [0.4, 0.5) is 0 Å². The largest absolute Gasteiger partial charge is 0.468 e. The van der Waals surface area contributed by atoms with E-state index >= 15 is 0 Å². The molecule has 1 unspecified atom stereocenters. The quantitative estimate of drug-likeness (QED) is 0.604. The van der Waals surface area contributed by atoms with E-state index in [0.717, 1.165) is 5.56 Å². The van der Waals surface area contributed by atoms with Gasteiger partial charge in [0.2, 0.25) is 0 Å². The summed E-state index contributed by atoms with van der Waals surface area (Å²) in [4.78, 5) is 24.2. The highest BCUT2D eigenvalue weighted by atomic mass is 16.5. The molecule has 1 aromatic carbocycles. The Kier molecular flexibility index (Phi) is 5.46. The number of nitrogens with zero attached hydrogens (tertiary/aromatic N) is 3. The van der Waals surface area contributed by atoms with Crippen LogP contribution in [0.5, 0.6) is 0 Å². The lowest BCUT2D eigenvalue weighted by atomic mass is 9.85. The topological polar surface area (TPSA) is 80.6 Å². The second kappa shape index (κ2) is 7.53. The predicted molar refractivity (Wildman–Crippen MR) is 84.9 cm³/mol. The third-order valence-electron chi connectivity index (χ3n) is 3.52. The number of esters is 2. The Balaban J connectivity index is 2.46. The molecule has 0 radical (unpaired) electrons. The molecule has 7 nitrogen and oxygen atoms in total. The first-order valence-electron chi connectivity index (χ1n) is 7.23. The number of hydrogen-bond donors (Lipinski definition) is 0. The lowest BCUT2D eigenvalue weighted by Crippen LogP contribution is -2.41. The zero-order valence-electron chi connectivity index (χ0n) is 13.3. The van der Waals surface area contributed by atoms with Gasteiger partial charge >= 0.3 is 11.9 Å². The van der Waals surface area contributed by atoms with Crippen LogP contribution in [0.25, 0.3) is 0 Å². The van der Waals surface area contributed by atoms with E-state index in [2.05, 4.69) is 10.2 Å². The van der Waals surface area contributed by atoms with E-state index in [-0.39, 0.29) is 0 Å². The fourth-order valence-corrected chi connectivity index (χ4v) is 2.33. The van der Waals surface area contributed by atoms with Crippen molar-refractivity contribution in [3.05, 3.63) is 35.9 Å². The van der Waals surface area contributed by atoms with Crippen molar-refractivity contribution < 1.29 is 19.1 Å². The lowest BCUT2D eigenvalue weighted by molar-refractivity contribution is -0.159. The second-order valence-corrected chi connectivity index (χ2v) is 4.85. The van der Waals surface area contributed by atoms with Crippen LogP contribution in [0.1, 0.15) is 12.5 Å². The molecule has 122 valence electrons. The van der Waals surface area contributed by atoms with Crippen LogP contribution >= 0.6 is 0 Å². The van der Waals surface area contributed by atoms with Crippen molar-refractivity contribution in [3.8, 4) is 0 Å². The smallest absolute Gasteiger partial charge is 0.321 e. The molecule has 7 heteroatoms. The van der Waals surface area contributed by atoms with Gasteiger partial charge in [-0.2, -0.15) is 15.3 Å². The molecule has 0 saturated carbocycles. The molecule has 23 heavy (non-hydrogen) atoms. The number of carbonyl (C=O) groups excluding carboxylic acids is 2. The van der Waals surface area contributed by atoms with Crippen LogP contribution in [0.2, 0.25) is 0 Å². The van der Waals surface area contributed by atoms with Gasteiger partial charge in [-0.3, -0.25) is 9.59 Å². The molecular weight excluding hydrogens is 298 g/mol. The van der Waals surface area contributed by atoms with E-state index in [1.54, 1.807) is 0 Å². The van der Waals surface area contributed by atoms with Crippen molar-refractivity contribution in [2.24, 2.45) is 22.0 Å². The molecule has 0 spiro atoms. The average Bonchev–Trinajstić information content (AvgIpc) is 2.62. The first-order valence-corrected chi connectivity index (χ1v) is 7.23. The third kappa shape index (κ3) is 3.56. The predicted octanol–water partition coefficient (Wildman–Crippen LogP) is 1.29. The maximum absolute atomic E-state index is 12.1. The molecule has 0 bridgehead atoms. The van der Waals surface area contributed by atoms with Crippen LogP contribution < -0.4 is 0 Å². The number of ether oxygens (including phenoxy) is 2. The Bertz CT molecular complexity index is 611. The molecule has 1 heterocycles. The van der Waals surface area contributed by atoms with E-state index < -0.39 is 23.8 Å². The summed E-state index contributed by atoms with van der Waals surface area (Å²) in [5.41, 5.74) is 1.38. The van der Waals surface area contributed by atoms with Gasteiger partial charge in [0.1, 0.15) is 0 Å². The molecule has 0 aromatic heterocycles. The van der Waals surface area contributed by atoms with E-state index in [1.165, 1.54) is 25.6 Å². The minimum Gasteiger partial charge on any atom is -0.468 e. The molecule has 0 amide bonds. The Morgan fingerprint density at radius 3 is 2.30 bits per heavy atom. The third-order valence-corrected chi connectivity index (χ3v) is 3.52. The van der Waals surface area contributed by atoms with Gasteiger partial charge in [-0.1, -0.05) is 30.3 Å². The molecule has 0 fully saturated rings. The minimum atomic E-state index is -1.15. The van der Waals surface area contributed by atoms with Crippen molar-refractivity contribution in [1.82, 2.24) is 5.12 Å². The van der Waals surface area contributed by atoms with Gasteiger partial charge < -0.3 is 9.47 Å². The Morgan fingerprint density at radius 1 is 1.17 bits per heavy atom. The molecule has 1 aliphatic rings. The molecule has 1 atom stereocenters. The lowest BCUT2D eigenvalue weighted by Gasteiger charge is -2.27. The van der Waals surface area contributed by atoms with Crippen molar-refractivity contribution in [2.45, 2.75) is 6.92 Å². The number of benzene rings is 1. The zero-order chi connectivity index (χ0) is 16.8. The van der Waals surface area contributed by atoms with Crippen LogP contribution in [-0.2, 0) is 19.1 Å². The summed E-state index contributed by atoms with van der Waals surface area (Å²) in [6.07, 6.45) is 1.54. The van der Waals surface area contributed by atoms with Crippen LogP contribution in [0, 0.1) is 11.8 Å². The maximum Gasteiger partial charge on any atom is 0.321 e. The SMILES string of the molecule is CCN1N=CC(C(C(=O)OC)C(=O)OC)C(c2ccccc2)=N1. The molecular formula is C16H19N3O4. The van der Waals surface area contributed by atoms with Crippen LogP contribution in [0.15, 0.2) is 40.5 Å². The van der Waals surface area contributed by atoms with Gasteiger partial charge in [0.15, 0.2) is 5.92 Å². The monoisotopic (exact) mass is 317 g/mol. The summed E-state index contributed by atoms with van der Waals surface area (Å²) in [5, 5.41) is 10.1. The maximum atomic E-state index is 12.1. The summed E-state index contributed by atoms with van der Waals surface area (Å²) >= 11 is 0. The van der Waals surface area contributed by atoms with Crippen LogP contribution in [-0.4, -0.2) is 49.7 Å². The minimum absolute atomic E-state index is 0.570. The van der Waals surface area contributed by atoms with Crippen LogP contribution in [0.3, 0.4) is 0 Å². The Hall–Kier alpha value is -2.70. The van der Waals surface area contributed by atoms with Gasteiger partial charge in [-0.25, -0.2) is 0 Å². The number of methoxy groups -OCH3 is 2. The first-order chi connectivity index (χ1) is 11.1. The number of hydrazone groups is 2. The van der Waals surface area contributed by atoms with E-state index in [0.29, 0.717) is 12.3 Å². The van der Waals surface area contributed by atoms with E-state index in [4.69, 9.17) is 9.47 Å². The van der Waals surface area contributed by atoms with E-state index in [9.17, 15) is 9.59 Å². The fraction of sp³-hybridized carbons (Fsp3) is 0.375. The molecule has 1 aromatic rings. The van der Waals surface area contributed by atoms with Crippen molar-refractivity contribution in [2.75, 3.05) is 20.8 Å². The molecule has 1 aliphatic heterocycles. The van der Waals surface area contributed by atoms with Crippen molar-refractivity contribution >= 4 is 23.9 Å². The number of carbonyl (C=O) groups is 2. The van der Waals surface area contributed by atoms with Gasteiger partial charge in [-0.15, -0.1) is 0 Å². The standard InChI is InChI=1S/C16H19N3O4/c1-4-19-17-10-12(13(15(20)22-2)16(21)23-3)14(18-19)11-8-6-5-7-9-11/h5-10,12-13H,4H2,1-3H3. The number of hydrogen-bond acceptors (Lipinski definition) is 7. The van der Waals surface area contributed by atoms with Crippen molar-refractivity contribution in [3.63, 3.8) is 0 Å². The summed E-state index contributed by atoms with van der Waals surface area (Å²) in [5.74, 6) is -3.16. The molecule has 0 N–H and O–H groups in total. The van der Waals surface area contributed by atoms with Gasteiger partial charge in [-0.05, 0) is 12.5 Å². The van der Waals surface area contributed by atoms with E-state index in [1.807, 2.05) is 37.3 Å². The second-order valence-electron chi connectivity index (χ2n) is 4.85. The zero-order valence-corrected chi connectivity index (χ0v) is 13.3. The summed E-state index contributed by atoms with van der Waals surface area (Å²) < 4.78 is 9.51. The fourth-order valence-electron chi connectivity index (χ4n) is 2.33. The molecule has 2 rings (SSSR count). The first kappa shape index (κ1) is 16.7. The highest BCUT2D eigenvalue weighted by Gasteiger charge is 2.41. The van der Waals surface area contributed by atoms with Gasteiger partial charge in [0, 0.05) is 6.21 Å². The molecule has 0 aliphatic carbocycles. The normalized spacial score (nSPS) is 17.0. The van der Waals surface area contributed by atoms with Gasteiger partial charge in [0.05, 0.1) is 32.4 Å². The highest BCUT2D eigenvalue weighted by Crippen LogP contribution is 2.23. The van der Waals surface area contributed by atoms with Crippen molar-refractivity contribution in [1.29, 1.82) is 0 Å². The summed E-state index contributed by atoms with van der Waals surface area (Å²) in [6.45, 7) is 2.47. The highest BCUT2D eigenvalue weighted by molar-refractivity contribution is 6.15. The average molecular weight is 317 g/mol. The number of rotatable bonds is 5. The van der Waals surface area contributed by atoms with Gasteiger partial charge in [0.25, 0.3) is 0 Å². The summed E-state index contributed by atoms with van der Waals surface area (Å²) in [7, 11) is 2.46. The summed E-state index contributed by atoms with van der Waals surface area (Å²) in [6, 6.07) is 9.34. The molecule has 0 saturated heterocycles. The Morgan fingerprint density at radius 2 is 1.78 bits per heavy atom.